The standard InChI is InChI=1S/C15H16O3/c16-14-12-10-5-2-1-4-8(10)9-6-3-7-11(9)13(12)15(17)18-14/h3,7,10-13H,1-2,4-6H2/t10-,11+,12+,13-/m0/s1. The highest BCUT2D eigenvalue weighted by Crippen LogP contribution is 2.54. The lowest BCUT2D eigenvalue weighted by Crippen LogP contribution is -2.38. The van der Waals surface area contributed by atoms with Gasteiger partial charge in [0.1, 0.15) is 0 Å². The third-order valence-corrected chi connectivity index (χ3v) is 5.11. The van der Waals surface area contributed by atoms with Gasteiger partial charge in [0, 0.05) is 5.92 Å². The predicted molar refractivity (Wildman–Crippen MR) is 64.3 cm³/mol. The molecule has 4 rings (SSSR count). The molecule has 0 N–H and O–H groups in total. The first-order valence-electron chi connectivity index (χ1n) is 6.91. The third-order valence-electron chi connectivity index (χ3n) is 5.11. The molecule has 0 amide bonds. The van der Waals surface area contributed by atoms with Crippen LogP contribution in [0.4, 0.5) is 0 Å². The summed E-state index contributed by atoms with van der Waals surface area (Å²) in [7, 11) is 0. The molecule has 0 unspecified atom stereocenters. The molecule has 4 atom stereocenters. The van der Waals surface area contributed by atoms with Crippen molar-refractivity contribution in [2.75, 3.05) is 0 Å². The number of carbonyl (C=O) groups excluding carboxylic acids is 2. The number of hydrogen-bond acceptors (Lipinski definition) is 3. The molecule has 1 heterocycles. The molecule has 2 fully saturated rings. The number of hydrogen-bond donors (Lipinski definition) is 0. The minimum Gasteiger partial charge on any atom is -0.393 e. The fraction of sp³-hybridized carbons (Fsp3) is 0.600. The quantitative estimate of drug-likeness (QED) is 0.373. The minimum absolute atomic E-state index is 0.151. The number of ether oxygens (including phenoxy) is 1. The van der Waals surface area contributed by atoms with Crippen molar-refractivity contribution < 1.29 is 14.3 Å². The van der Waals surface area contributed by atoms with Crippen molar-refractivity contribution in [3.8, 4) is 0 Å². The monoisotopic (exact) mass is 244 g/mol. The van der Waals surface area contributed by atoms with Gasteiger partial charge in [-0.3, -0.25) is 9.59 Å². The van der Waals surface area contributed by atoms with Crippen LogP contribution in [0.2, 0.25) is 0 Å². The van der Waals surface area contributed by atoms with Crippen LogP contribution in [0.25, 0.3) is 0 Å². The van der Waals surface area contributed by atoms with E-state index in [0.717, 1.165) is 19.3 Å². The van der Waals surface area contributed by atoms with Gasteiger partial charge < -0.3 is 4.74 Å². The Morgan fingerprint density at radius 1 is 1.06 bits per heavy atom. The Bertz CT molecular complexity index is 500. The van der Waals surface area contributed by atoms with Gasteiger partial charge in [0.25, 0.3) is 0 Å². The zero-order chi connectivity index (χ0) is 12.3. The maximum atomic E-state index is 12.0. The van der Waals surface area contributed by atoms with E-state index < -0.39 is 0 Å². The van der Waals surface area contributed by atoms with E-state index in [0.29, 0.717) is 0 Å². The second-order valence-electron chi connectivity index (χ2n) is 5.85. The Balaban J connectivity index is 1.87. The molecule has 1 saturated heterocycles. The molecule has 18 heavy (non-hydrogen) atoms. The molecule has 3 nitrogen and oxygen atoms in total. The molecule has 1 saturated carbocycles. The van der Waals surface area contributed by atoms with E-state index in [1.54, 1.807) is 0 Å². The summed E-state index contributed by atoms with van der Waals surface area (Å²) in [6.07, 6.45) is 9.80. The lowest BCUT2D eigenvalue weighted by molar-refractivity contribution is -0.154. The zero-order valence-electron chi connectivity index (χ0n) is 10.2. The Labute approximate surface area is 106 Å². The maximum absolute atomic E-state index is 12.0. The summed E-state index contributed by atoms with van der Waals surface area (Å²) in [5, 5.41) is 0. The molecule has 94 valence electrons. The Morgan fingerprint density at radius 2 is 1.89 bits per heavy atom. The van der Waals surface area contributed by atoms with Crippen molar-refractivity contribution in [3.05, 3.63) is 23.3 Å². The number of cyclic esters (lactones) is 2. The normalized spacial score (nSPS) is 41.6. The molecule has 0 bridgehead atoms. The van der Waals surface area contributed by atoms with Gasteiger partial charge in [-0.1, -0.05) is 29.7 Å². The van der Waals surface area contributed by atoms with Crippen LogP contribution in [0.3, 0.4) is 0 Å². The molecule has 0 aromatic carbocycles. The van der Waals surface area contributed by atoms with Gasteiger partial charge >= 0.3 is 11.9 Å². The van der Waals surface area contributed by atoms with Gasteiger partial charge in [-0.05, 0) is 31.6 Å². The average molecular weight is 244 g/mol. The minimum atomic E-state index is -0.288. The van der Waals surface area contributed by atoms with Gasteiger partial charge in [0.2, 0.25) is 0 Å². The summed E-state index contributed by atoms with van der Waals surface area (Å²) in [6, 6.07) is 0. The van der Waals surface area contributed by atoms with Crippen molar-refractivity contribution in [3.63, 3.8) is 0 Å². The summed E-state index contributed by atoms with van der Waals surface area (Å²) in [5.41, 5.74) is 2.90. The number of carbonyl (C=O) groups is 2. The predicted octanol–water partition coefficient (Wildman–Crippen LogP) is 2.38. The van der Waals surface area contributed by atoms with Crippen LogP contribution in [0, 0.1) is 23.7 Å². The molecular weight excluding hydrogens is 228 g/mol. The van der Waals surface area contributed by atoms with Crippen LogP contribution in [0.15, 0.2) is 23.3 Å². The zero-order valence-corrected chi connectivity index (χ0v) is 10.2. The molecule has 0 aromatic rings. The molecule has 4 aliphatic rings. The van der Waals surface area contributed by atoms with Crippen LogP contribution < -0.4 is 0 Å². The summed E-state index contributed by atoms with van der Waals surface area (Å²) < 4.78 is 4.93. The second kappa shape index (κ2) is 3.56. The number of rotatable bonds is 0. The van der Waals surface area contributed by atoms with Crippen LogP contribution in [-0.2, 0) is 14.3 Å². The Kier molecular flexibility index (Phi) is 2.08. The average Bonchev–Trinajstić information content (AvgIpc) is 2.95. The van der Waals surface area contributed by atoms with Crippen LogP contribution >= 0.6 is 0 Å². The van der Waals surface area contributed by atoms with Crippen molar-refractivity contribution in [2.45, 2.75) is 32.1 Å². The summed E-state index contributed by atoms with van der Waals surface area (Å²) in [4.78, 5) is 23.9. The summed E-state index contributed by atoms with van der Waals surface area (Å²) in [5.74, 6) is -0.535. The van der Waals surface area contributed by atoms with Crippen LogP contribution in [0.1, 0.15) is 32.1 Å². The highest BCUT2D eigenvalue weighted by Gasteiger charge is 2.56. The fourth-order valence-corrected chi connectivity index (χ4v) is 4.42. The third kappa shape index (κ3) is 1.20. The largest absolute Gasteiger partial charge is 0.393 e. The van der Waals surface area contributed by atoms with Gasteiger partial charge in [-0.2, -0.15) is 0 Å². The van der Waals surface area contributed by atoms with Crippen molar-refractivity contribution in [1.82, 2.24) is 0 Å². The Morgan fingerprint density at radius 3 is 2.78 bits per heavy atom. The van der Waals surface area contributed by atoms with Gasteiger partial charge in [-0.25, -0.2) is 0 Å². The van der Waals surface area contributed by atoms with E-state index in [4.69, 9.17) is 4.74 Å². The summed E-state index contributed by atoms with van der Waals surface area (Å²) in [6.45, 7) is 0. The first kappa shape index (κ1) is 10.5. The molecule has 1 aliphatic heterocycles. The van der Waals surface area contributed by atoms with E-state index >= 15 is 0 Å². The van der Waals surface area contributed by atoms with Crippen molar-refractivity contribution in [2.24, 2.45) is 23.7 Å². The van der Waals surface area contributed by atoms with E-state index in [1.165, 1.54) is 24.0 Å². The second-order valence-corrected chi connectivity index (χ2v) is 5.85. The maximum Gasteiger partial charge on any atom is 0.318 e. The first-order chi connectivity index (χ1) is 8.77. The molecule has 0 spiro atoms. The number of esters is 2. The van der Waals surface area contributed by atoms with E-state index in [2.05, 4.69) is 12.2 Å². The number of fused-ring (bicyclic) bond motifs is 5. The molecule has 0 aromatic heterocycles. The van der Waals surface area contributed by atoms with E-state index in [-0.39, 0.29) is 35.6 Å². The van der Waals surface area contributed by atoms with Crippen molar-refractivity contribution in [1.29, 1.82) is 0 Å². The fourth-order valence-electron chi connectivity index (χ4n) is 4.42. The van der Waals surface area contributed by atoms with E-state index in [1.807, 2.05) is 0 Å². The Hall–Kier alpha value is -1.38. The van der Waals surface area contributed by atoms with Gasteiger partial charge in [0.15, 0.2) is 0 Å². The van der Waals surface area contributed by atoms with Crippen LogP contribution in [0.5, 0.6) is 0 Å². The smallest absolute Gasteiger partial charge is 0.318 e. The molecule has 3 heteroatoms. The van der Waals surface area contributed by atoms with Crippen molar-refractivity contribution >= 4 is 11.9 Å². The first-order valence-corrected chi connectivity index (χ1v) is 6.91. The summed E-state index contributed by atoms with van der Waals surface area (Å²) >= 11 is 0. The van der Waals surface area contributed by atoms with Gasteiger partial charge in [0.05, 0.1) is 11.8 Å². The topological polar surface area (TPSA) is 43.4 Å². The van der Waals surface area contributed by atoms with Gasteiger partial charge in [-0.15, -0.1) is 0 Å². The van der Waals surface area contributed by atoms with Crippen LogP contribution in [-0.4, -0.2) is 11.9 Å². The highest BCUT2D eigenvalue weighted by molar-refractivity contribution is 5.98. The lowest BCUT2D eigenvalue weighted by atomic mass is 9.61. The molecular formula is C15H16O3. The number of allylic oxidation sites excluding steroid dienone is 4. The highest BCUT2D eigenvalue weighted by atomic mass is 16.6. The molecule has 3 aliphatic carbocycles. The SMILES string of the molecule is O=C1OC(=O)[C@H]2[C@@H]1[C@@H]1C=CCC1=C1CCCC[C@@H]12. The lowest BCUT2D eigenvalue weighted by Gasteiger charge is -2.39. The van der Waals surface area contributed by atoms with E-state index in [9.17, 15) is 9.59 Å². The molecule has 0 radical (unpaired) electrons.